The van der Waals surface area contributed by atoms with E-state index in [1.54, 1.807) is 0 Å². The molecule has 2 rings (SSSR count). The van der Waals surface area contributed by atoms with Gasteiger partial charge in [0.25, 0.3) is 0 Å². The number of aromatic nitrogens is 2. The second-order valence-corrected chi connectivity index (χ2v) is 6.27. The Bertz CT molecular complexity index is 401. The molecule has 1 aliphatic rings. The summed E-state index contributed by atoms with van der Waals surface area (Å²) in [6.45, 7) is 8.37. The molecule has 1 fully saturated rings. The number of likely N-dealkylation sites (N-methyl/N-ethyl adjacent to an activating group) is 1. The normalized spacial score (nSPS) is 19.3. The van der Waals surface area contributed by atoms with E-state index in [-0.39, 0.29) is 0 Å². The topological polar surface area (TPSA) is 44.3 Å². The monoisotopic (exact) mass is 277 g/mol. The van der Waals surface area contributed by atoms with Gasteiger partial charge in [-0.3, -0.25) is 0 Å². The predicted octanol–water partition coefficient (Wildman–Crippen LogP) is 1.36. The zero-order valence-electron chi connectivity index (χ0n) is 13.1. The van der Waals surface area contributed by atoms with Gasteiger partial charge in [-0.15, -0.1) is 0 Å². The standard InChI is InChI=1S/C15H27N5/c1-12(2)7-16-8-13-9-17-15(18-10-13)20-6-5-14(11-20)19(3)4/h9-10,12,14,16H,5-8,11H2,1-4H3. The number of hydrogen-bond acceptors (Lipinski definition) is 5. The molecule has 5 nitrogen and oxygen atoms in total. The van der Waals surface area contributed by atoms with Crippen molar-refractivity contribution in [3.8, 4) is 0 Å². The molecule has 2 heterocycles. The fraction of sp³-hybridized carbons (Fsp3) is 0.733. The molecule has 1 aromatic rings. The van der Waals surface area contributed by atoms with Gasteiger partial charge in [0.05, 0.1) is 0 Å². The number of nitrogens with one attached hydrogen (secondary N) is 1. The molecule has 0 radical (unpaired) electrons. The van der Waals surface area contributed by atoms with Crippen LogP contribution in [0.3, 0.4) is 0 Å². The molecule has 1 atom stereocenters. The van der Waals surface area contributed by atoms with Crippen molar-refractivity contribution in [2.24, 2.45) is 5.92 Å². The SMILES string of the molecule is CC(C)CNCc1cnc(N2CCC(N(C)C)C2)nc1. The molecule has 5 heteroatoms. The van der Waals surface area contributed by atoms with E-state index in [1.807, 2.05) is 12.4 Å². The Labute approximate surface area is 122 Å². The molecule has 0 bridgehead atoms. The Morgan fingerprint density at radius 2 is 2.05 bits per heavy atom. The number of hydrogen-bond donors (Lipinski definition) is 1. The van der Waals surface area contributed by atoms with Crippen LogP contribution in [0.15, 0.2) is 12.4 Å². The average Bonchev–Trinajstić information content (AvgIpc) is 2.89. The minimum absolute atomic E-state index is 0.617. The quantitative estimate of drug-likeness (QED) is 0.850. The maximum atomic E-state index is 4.51. The summed E-state index contributed by atoms with van der Waals surface area (Å²) in [5.74, 6) is 1.53. The molecule has 20 heavy (non-hydrogen) atoms. The second-order valence-electron chi connectivity index (χ2n) is 6.27. The van der Waals surface area contributed by atoms with Gasteiger partial charge in [0.2, 0.25) is 5.95 Å². The Balaban J connectivity index is 1.85. The summed E-state index contributed by atoms with van der Waals surface area (Å²) in [4.78, 5) is 13.6. The third kappa shape index (κ3) is 4.15. The van der Waals surface area contributed by atoms with Crippen molar-refractivity contribution >= 4 is 5.95 Å². The highest BCUT2D eigenvalue weighted by Crippen LogP contribution is 2.18. The molecule has 1 aliphatic heterocycles. The van der Waals surface area contributed by atoms with Gasteiger partial charge in [-0.2, -0.15) is 0 Å². The highest BCUT2D eigenvalue weighted by Gasteiger charge is 2.25. The Kier molecular flexibility index (Phi) is 5.31. The fourth-order valence-corrected chi connectivity index (χ4v) is 2.45. The minimum atomic E-state index is 0.617. The molecule has 0 aromatic carbocycles. The third-order valence-electron chi connectivity index (χ3n) is 3.75. The van der Waals surface area contributed by atoms with Crippen LogP contribution in [0.25, 0.3) is 0 Å². The van der Waals surface area contributed by atoms with Crippen LogP contribution in [0, 0.1) is 5.92 Å². The average molecular weight is 277 g/mol. The van der Waals surface area contributed by atoms with Gasteiger partial charge >= 0.3 is 0 Å². The highest BCUT2D eigenvalue weighted by atomic mass is 15.3. The summed E-state index contributed by atoms with van der Waals surface area (Å²) in [5, 5.41) is 3.41. The van der Waals surface area contributed by atoms with Gasteiger partial charge < -0.3 is 15.1 Å². The predicted molar refractivity (Wildman–Crippen MR) is 82.9 cm³/mol. The van der Waals surface area contributed by atoms with Crippen LogP contribution < -0.4 is 10.2 Å². The Morgan fingerprint density at radius 1 is 1.35 bits per heavy atom. The van der Waals surface area contributed by atoms with Gasteiger partial charge in [-0.25, -0.2) is 9.97 Å². The smallest absolute Gasteiger partial charge is 0.225 e. The molecule has 0 aliphatic carbocycles. The summed E-state index contributed by atoms with van der Waals surface area (Å²) < 4.78 is 0. The molecule has 1 saturated heterocycles. The number of anilines is 1. The van der Waals surface area contributed by atoms with E-state index in [4.69, 9.17) is 0 Å². The van der Waals surface area contributed by atoms with E-state index in [1.165, 1.54) is 6.42 Å². The van der Waals surface area contributed by atoms with Crippen LogP contribution in [0.5, 0.6) is 0 Å². The lowest BCUT2D eigenvalue weighted by Gasteiger charge is -2.20. The van der Waals surface area contributed by atoms with Gasteiger partial charge in [0, 0.05) is 43.6 Å². The first-order chi connectivity index (χ1) is 9.56. The second kappa shape index (κ2) is 6.99. The van der Waals surface area contributed by atoms with E-state index in [2.05, 4.69) is 53.0 Å². The molecular formula is C15H27N5. The van der Waals surface area contributed by atoms with E-state index in [0.717, 1.165) is 37.7 Å². The molecule has 0 amide bonds. The Hall–Kier alpha value is -1.20. The molecule has 1 unspecified atom stereocenters. The summed E-state index contributed by atoms with van der Waals surface area (Å²) in [5.41, 5.74) is 1.15. The van der Waals surface area contributed by atoms with Gasteiger partial charge in [0.15, 0.2) is 0 Å². The Morgan fingerprint density at radius 3 is 2.60 bits per heavy atom. The zero-order chi connectivity index (χ0) is 14.5. The maximum absolute atomic E-state index is 4.51. The summed E-state index contributed by atoms with van der Waals surface area (Å²) >= 11 is 0. The van der Waals surface area contributed by atoms with Crippen molar-refractivity contribution < 1.29 is 0 Å². The molecular weight excluding hydrogens is 250 g/mol. The van der Waals surface area contributed by atoms with Gasteiger partial charge in [-0.05, 0) is 33.0 Å². The van der Waals surface area contributed by atoms with Crippen molar-refractivity contribution in [1.82, 2.24) is 20.2 Å². The van der Waals surface area contributed by atoms with E-state index < -0.39 is 0 Å². The van der Waals surface area contributed by atoms with E-state index in [9.17, 15) is 0 Å². The van der Waals surface area contributed by atoms with Crippen LogP contribution in [0.4, 0.5) is 5.95 Å². The lowest BCUT2D eigenvalue weighted by Crippen LogP contribution is -2.32. The van der Waals surface area contributed by atoms with Crippen molar-refractivity contribution in [1.29, 1.82) is 0 Å². The van der Waals surface area contributed by atoms with Gasteiger partial charge in [-0.1, -0.05) is 13.8 Å². The van der Waals surface area contributed by atoms with Crippen LogP contribution in [-0.2, 0) is 6.54 Å². The largest absolute Gasteiger partial charge is 0.339 e. The molecule has 0 spiro atoms. The maximum Gasteiger partial charge on any atom is 0.225 e. The van der Waals surface area contributed by atoms with Gasteiger partial charge in [0.1, 0.15) is 0 Å². The van der Waals surface area contributed by atoms with E-state index >= 15 is 0 Å². The molecule has 112 valence electrons. The van der Waals surface area contributed by atoms with Crippen LogP contribution >= 0.6 is 0 Å². The zero-order valence-corrected chi connectivity index (χ0v) is 13.1. The molecule has 1 aromatic heterocycles. The minimum Gasteiger partial charge on any atom is -0.339 e. The molecule has 0 saturated carbocycles. The number of rotatable bonds is 6. The lowest BCUT2D eigenvalue weighted by atomic mass is 10.2. The van der Waals surface area contributed by atoms with Crippen molar-refractivity contribution in [3.05, 3.63) is 18.0 Å². The first-order valence-corrected chi connectivity index (χ1v) is 7.49. The van der Waals surface area contributed by atoms with Crippen molar-refractivity contribution in [2.75, 3.05) is 38.6 Å². The van der Waals surface area contributed by atoms with Crippen LogP contribution in [0.1, 0.15) is 25.8 Å². The number of nitrogens with zero attached hydrogens (tertiary/aromatic N) is 4. The summed E-state index contributed by atoms with van der Waals surface area (Å²) in [6, 6.07) is 0.617. The third-order valence-corrected chi connectivity index (χ3v) is 3.75. The fourth-order valence-electron chi connectivity index (χ4n) is 2.45. The van der Waals surface area contributed by atoms with Crippen molar-refractivity contribution in [2.45, 2.75) is 32.9 Å². The molecule has 1 N–H and O–H groups in total. The lowest BCUT2D eigenvalue weighted by molar-refractivity contribution is 0.315. The van der Waals surface area contributed by atoms with Crippen LogP contribution in [-0.4, -0.2) is 54.6 Å². The van der Waals surface area contributed by atoms with E-state index in [0.29, 0.717) is 12.0 Å². The van der Waals surface area contributed by atoms with Crippen molar-refractivity contribution in [3.63, 3.8) is 0 Å². The first-order valence-electron chi connectivity index (χ1n) is 7.49. The highest BCUT2D eigenvalue weighted by molar-refractivity contribution is 5.32. The van der Waals surface area contributed by atoms with Crippen LogP contribution in [0.2, 0.25) is 0 Å². The summed E-state index contributed by atoms with van der Waals surface area (Å²) in [6.07, 6.45) is 5.07. The summed E-state index contributed by atoms with van der Waals surface area (Å²) in [7, 11) is 4.27. The first kappa shape index (κ1) is 15.2.